The highest BCUT2D eigenvalue weighted by atomic mass is 19.1. The van der Waals surface area contributed by atoms with Crippen molar-refractivity contribution in [2.45, 2.75) is 12.1 Å². The second-order valence-corrected chi connectivity index (χ2v) is 8.02. The number of nitrogens with zero attached hydrogens (tertiary/aromatic N) is 3. The van der Waals surface area contributed by atoms with Gasteiger partial charge in [0, 0.05) is 12.1 Å². The fraction of sp³-hybridized carbons (Fsp3) is 0.167. The number of phenols is 1. The number of nitro groups is 1. The van der Waals surface area contributed by atoms with Crippen molar-refractivity contribution in [1.82, 2.24) is 0 Å². The predicted octanol–water partition coefficient (Wildman–Crippen LogP) is 3.50. The SMILES string of the molecule is COc1cc([C@@H]2[C@@H]3C(=O)N(c4ccc(F)cc4)C(=O)[C@H]3ON2c2ccc([N+](=O)[O-])cc2)ccc1O. The van der Waals surface area contributed by atoms with Crippen molar-refractivity contribution in [2.75, 3.05) is 17.1 Å². The van der Waals surface area contributed by atoms with Gasteiger partial charge in [-0.05, 0) is 54.1 Å². The first-order valence-corrected chi connectivity index (χ1v) is 10.5. The Morgan fingerprint density at radius 3 is 2.29 bits per heavy atom. The van der Waals surface area contributed by atoms with Gasteiger partial charge in [0.15, 0.2) is 17.6 Å². The summed E-state index contributed by atoms with van der Waals surface area (Å²) in [6, 6.07) is 14.1. The van der Waals surface area contributed by atoms with Gasteiger partial charge in [-0.15, -0.1) is 0 Å². The van der Waals surface area contributed by atoms with Crippen LogP contribution in [0.1, 0.15) is 11.6 Å². The van der Waals surface area contributed by atoms with Crippen LogP contribution in [0.4, 0.5) is 21.5 Å². The number of hydrogen-bond donors (Lipinski definition) is 1. The average Bonchev–Trinajstić information content (AvgIpc) is 3.36. The molecule has 1 N–H and O–H groups in total. The van der Waals surface area contributed by atoms with Crippen LogP contribution in [-0.2, 0) is 14.4 Å². The van der Waals surface area contributed by atoms with Gasteiger partial charge in [0.1, 0.15) is 11.7 Å². The number of carbonyl (C=O) groups is 2. The number of carbonyl (C=O) groups excluding carboxylic acids is 2. The van der Waals surface area contributed by atoms with Gasteiger partial charge in [0.05, 0.1) is 29.4 Å². The molecular formula is C24H18FN3O7. The van der Waals surface area contributed by atoms with E-state index in [1.165, 1.54) is 60.7 Å². The number of methoxy groups -OCH3 is 1. The van der Waals surface area contributed by atoms with Gasteiger partial charge in [-0.2, -0.15) is 0 Å². The lowest BCUT2D eigenvalue weighted by molar-refractivity contribution is -0.384. The zero-order valence-corrected chi connectivity index (χ0v) is 18.2. The van der Waals surface area contributed by atoms with Crippen molar-refractivity contribution < 1.29 is 33.6 Å². The smallest absolute Gasteiger partial charge is 0.269 e. The molecule has 0 aliphatic carbocycles. The largest absolute Gasteiger partial charge is 0.504 e. The number of amides is 2. The van der Waals surface area contributed by atoms with E-state index in [1.807, 2.05) is 0 Å². The minimum Gasteiger partial charge on any atom is -0.504 e. The Balaban J connectivity index is 1.59. The summed E-state index contributed by atoms with van der Waals surface area (Å²) in [6.45, 7) is 0. The number of aromatic hydroxyl groups is 1. The molecule has 3 aromatic rings. The van der Waals surface area contributed by atoms with E-state index in [4.69, 9.17) is 9.57 Å². The molecule has 2 amide bonds. The lowest BCUT2D eigenvalue weighted by Crippen LogP contribution is -2.37. The molecule has 2 heterocycles. The van der Waals surface area contributed by atoms with Crippen molar-refractivity contribution in [2.24, 2.45) is 5.92 Å². The van der Waals surface area contributed by atoms with E-state index in [9.17, 15) is 29.2 Å². The molecule has 2 fully saturated rings. The maximum Gasteiger partial charge on any atom is 0.269 e. The van der Waals surface area contributed by atoms with Crippen molar-refractivity contribution >= 4 is 28.9 Å². The first-order valence-electron chi connectivity index (χ1n) is 10.5. The minimum atomic E-state index is -1.19. The Morgan fingerprint density at radius 2 is 1.66 bits per heavy atom. The van der Waals surface area contributed by atoms with Crippen LogP contribution >= 0.6 is 0 Å². The summed E-state index contributed by atoms with van der Waals surface area (Å²) in [5.41, 5.74) is 0.970. The first-order chi connectivity index (χ1) is 16.8. The highest BCUT2D eigenvalue weighted by molar-refractivity contribution is 6.23. The van der Waals surface area contributed by atoms with Crippen molar-refractivity contribution in [1.29, 1.82) is 0 Å². The number of anilines is 2. The molecule has 0 aromatic heterocycles. The highest BCUT2D eigenvalue weighted by Crippen LogP contribution is 2.48. The standard InChI is InChI=1S/C24H18FN3O7/c1-34-19-12-13(2-11-18(19)29)21-20-22(35-27(21)16-7-9-17(10-8-16)28(32)33)24(31)26(23(20)30)15-5-3-14(25)4-6-15/h2-12,20-22,29H,1H3/t20-,21+,22-/m0/s1. The van der Waals surface area contributed by atoms with Gasteiger partial charge in [-0.3, -0.25) is 24.5 Å². The summed E-state index contributed by atoms with van der Waals surface area (Å²) in [7, 11) is 1.38. The van der Waals surface area contributed by atoms with Gasteiger partial charge in [-0.25, -0.2) is 14.4 Å². The third-order valence-electron chi connectivity index (χ3n) is 6.06. The number of phenolic OH excluding ortho intramolecular Hbond substituents is 1. The summed E-state index contributed by atoms with van der Waals surface area (Å²) in [4.78, 5) is 44.3. The number of non-ortho nitro benzene ring substituents is 1. The molecule has 178 valence electrons. The number of rotatable bonds is 5. The maximum absolute atomic E-state index is 13.5. The number of ether oxygens (including phenoxy) is 1. The lowest BCUT2D eigenvalue weighted by Gasteiger charge is -2.29. The molecule has 10 nitrogen and oxygen atoms in total. The lowest BCUT2D eigenvalue weighted by atomic mass is 9.90. The van der Waals surface area contributed by atoms with Crippen LogP contribution in [-0.4, -0.2) is 35.1 Å². The van der Waals surface area contributed by atoms with Crippen LogP contribution in [0.15, 0.2) is 66.7 Å². The van der Waals surface area contributed by atoms with E-state index in [0.29, 0.717) is 11.3 Å². The molecular weight excluding hydrogens is 461 g/mol. The Bertz CT molecular complexity index is 1330. The monoisotopic (exact) mass is 479 g/mol. The fourth-order valence-electron chi connectivity index (χ4n) is 4.42. The van der Waals surface area contributed by atoms with Crippen LogP contribution in [0, 0.1) is 21.8 Å². The zero-order valence-electron chi connectivity index (χ0n) is 18.2. The topological polar surface area (TPSA) is 122 Å². The van der Waals surface area contributed by atoms with Gasteiger partial charge in [0.2, 0.25) is 5.91 Å². The van der Waals surface area contributed by atoms with Gasteiger partial charge >= 0.3 is 0 Å². The Kier molecular flexibility index (Phi) is 5.33. The molecule has 5 rings (SSSR count). The highest BCUT2D eigenvalue weighted by Gasteiger charge is 2.60. The molecule has 0 spiro atoms. The normalized spacial score (nSPS) is 21.4. The number of hydrogen-bond acceptors (Lipinski definition) is 8. The molecule has 0 saturated carbocycles. The van der Waals surface area contributed by atoms with Crippen LogP contribution in [0.3, 0.4) is 0 Å². The van der Waals surface area contributed by atoms with Crippen LogP contribution in [0.25, 0.3) is 0 Å². The third-order valence-corrected chi connectivity index (χ3v) is 6.06. The molecule has 0 bridgehead atoms. The van der Waals surface area contributed by atoms with Crippen molar-refractivity contribution in [3.8, 4) is 11.5 Å². The van der Waals surface area contributed by atoms with E-state index < -0.39 is 40.6 Å². The summed E-state index contributed by atoms with van der Waals surface area (Å²) in [5, 5.41) is 22.5. The number of halogens is 1. The quantitative estimate of drug-likeness (QED) is 0.335. The summed E-state index contributed by atoms with van der Waals surface area (Å²) >= 11 is 0. The van der Waals surface area contributed by atoms with Crippen LogP contribution in [0.2, 0.25) is 0 Å². The minimum absolute atomic E-state index is 0.115. The van der Waals surface area contributed by atoms with Crippen molar-refractivity contribution in [3.63, 3.8) is 0 Å². The number of hydroxylamine groups is 1. The Hall–Kier alpha value is -4.51. The summed E-state index contributed by atoms with van der Waals surface area (Å²) in [5.74, 6) is -2.63. The van der Waals surface area contributed by atoms with Gasteiger partial charge in [0.25, 0.3) is 11.6 Å². The third kappa shape index (κ3) is 3.62. The maximum atomic E-state index is 13.5. The molecule has 2 aliphatic heterocycles. The van der Waals surface area contributed by atoms with Crippen molar-refractivity contribution in [3.05, 3.63) is 88.2 Å². The zero-order chi connectivity index (χ0) is 24.9. The molecule has 35 heavy (non-hydrogen) atoms. The fourth-order valence-corrected chi connectivity index (χ4v) is 4.42. The molecule has 2 saturated heterocycles. The number of nitro benzene ring substituents is 1. The van der Waals surface area contributed by atoms with Crippen LogP contribution < -0.4 is 14.7 Å². The number of imide groups is 1. The van der Waals surface area contributed by atoms with E-state index in [0.717, 1.165) is 17.0 Å². The van der Waals surface area contributed by atoms with Gasteiger partial charge in [-0.1, -0.05) is 6.07 Å². The molecule has 3 atom stereocenters. The van der Waals surface area contributed by atoms with Crippen LogP contribution in [0.5, 0.6) is 11.5 Å². The predicted molar refractivity (Wildman–Crippen MR) is 120 cm³/mol. The molecule has 3 aromatic carbocycles. The summed E-state index contributed by atoms with van der Waals surface area (Å²) < 4.78 is 18.6. The molecule has 2 aliphatic rings. The first kappa shape index (κ1) is 22.3. The molecule has 0 radical (unpaired) electrons. The van der Waals surface area contributed by atoms with Gasteiger partial charge < -0.3 is 9.84 Å². The average molecular weight is 479 g/mol. The second-order valence-electron chi connectivity index (χ2n) is 8.02. The van der Waals surface area contributed by atoms with E-state index in [2.05, 4.69) is 0 Å². The second kappa shape index (κ2) is 8.37. The number of fused-ring (bicyclic) bond motifs is 1. The summed E-state index contributed by atoms with van der Waals surface area (Å²) in [6.07, 6.45) is -1.19. The Labute approximate surface area is 197 Å². The van der Waals surface area contributed by atoms with E-state index in [1.54, 1.807) is 6.07 Å². The Morgan fingerprint density at radius 1 is 1.00 bits per heavy atom. The number of benzene rings is 3. The molecule has 11 heteroatoms. The van der Waals surface area contributed by atoms with E-state index >= 15 is 0 Å². The van der Waals surface area contributed by atoms with E-state index in [-0.39, 0.29) is 22.9 Å². The molecule has 0 unspecified atom stereocenters.